The van der Waals surface area contributed by atoms with Crippen molar-refractivity contribution in [1.29, 1.82) is 0 Å². The van der Waals surface area contributed by atoms with Crippen LogP contribution in [0.3, 0.4) is 0 Å². The molecule has 1 aliphatic carbocycles. The molecule has 8 nitrogen and oxygen atoms in total. The Hall–Kier alpha value is -3.46. The molecule has 36 heavy (non-hydrogen) atoms. The smallest absolute Gasteiger partial charge is 0.256 e. The monoisotopic (exact) mass is 496 g/mol. The number of carbonyl (C=O) groups is 3. The fourth-order valence-corrected chi connectivity index (χ4v) is 4.48. The Balaban J connectivity index is 1.28. The number of nitrogens with one attached hydrogen (secondary N) is 1. The minimum absolute atomic E-state index is 0.00155. The third-order valence-electron chi connectivity index (χ3n) is 6.85. The third-order valence-corrected chi connectivity index (χ3v) is 6.85. The first-order valence-electron chi connectivity index (χ1n) is 12.4. The highest BCUT2D eigenvalue weighted by atomic mass is 19.1. The predicted molar refractivity (Wildman–Crippen MR) is 135 cm³/mol. The average Bonchev–Trinajstić information content (AvgIpc) is 2.86. The van der Waals surface area contributed by atoms with E-state index in [4.69, 9.17) is 4.74 Å². The molecule has 1 aliphatic heterocycles. The van der Waals surface area contributed by atoms with Crippen molar-refractivity contribution < 1.29 is 23.5 Å². The lowest BCUT2D eigenvalue weighted by Gasteiger charge is -2.36. The Kier molecular flexibility index (Phi) is 8.53. The molecule has 0 spiro atoms. The summed E-state index contributed by atoms with van der Waals surface area (Å²) in [5.74, 6) is -0.988. The van der Waals surface area contributed by atoms with Crippen molar-refractivity contribution in [2.75, 3.05) is 63.2 Å². The Labute approximate surface area is 211 Å². The molecule has 2 aromatic rings. The molecule has 192 valence electrons. The second kappa shape index (κ2) is 12.0. The molecule has 2 aromatic carbocycles. The Morgan fingerprint density at radius 1 is 1.03 bits per heavy atom. The summed E-state index contributed by atoms with van der Waals surface area (Å²) in [7, 11) is 1.58. The molecular weight excluding hydrogens is 463 g/mol. The fraction of sp³-hybridized carbons (Fsp3) is 0.444. The molecule has 0 radical (unpaired) electrons. The summed E-state index contributed by atoms with van der Waals surface area (Å²) < 4.78 is 19.1. The standard InChI is InChI=1S/C27H33FN4O4/c1-36-18-17-32(26(34)20-5-4-6-20)19-25(33)29-21-9-11-22(12-10-21)30-13-15-31(16-14-30)27(35)23-7-2-3-8-24(23)28/h2-3,7-12,20H,4-6,13-19H2,1H3,(H,29,33). The summed E-state index contributed by atoms with van der Waals surface area (Å²) >= 11 is 0. The molecule has 1 saturated heterocycles. The number of anilines is 2. The van der Waals surface area contributed by atoms with Crippen LogP contribution < -0.4 is 10.2 Å². The second-order valence-corrected chi connectivity index (χ2v) is 9.23. The van der Waals surface area contributed by atoms with E-state index in [1.807, 2.05) is 24.3 Å². The van der Waals surface area contributed by atoms with Crippen LogP contribution in [0.4, 0.5) is 15.8 Å². The SMILES string of the molecule is COCCN(CC(=O)Nc1ccc(N2CCN(C(=O)c3ccccc3F)CC2)cc1)C(=O)C1CCC1. The lowest BCUT2D eigenvalue weighted by Crippen LogP contribution is -2.49. The molecule has 1 saturated carbocycles. The van der Waals surface area contributed by atoms with E-state index in [-0.39, 0.29) is 35.7 Å². The van der Waals surface area contributed by atoms with Crippen LogP contribution in [0.1, 0.15) is 29.6 Å². The summed E-state index contributed by atoms with van der Waals surface area (Å²) in [6, 6.07) is 13.6. The highest BCUT2D eigenvalue weighted by Gasteiger charge is 2.30. The van der Waals surface area contributed by atoms with Gasteiger partial charge in [-0.15, -0.1) is 0 Å². The summed E-state index contributed by atoms with van der Waals surface area (Å²) in [5.41, 5.74) is 1.73. The number of halogens is 1. The van der Waals surface area contributed by atoms with E-state index >= 15 is 0 Å². The van der Waals surface area contributed by atoms with Crippen LogP contribution in [-0.2, 0) is 14.3 Å². The van der Waals surface area contributed by atoms with Gasteiger partial charge in [-0.3, -0.25) is 14.4 Å². The highest BCUT2D eigenvalue weighted by Crippen LogP contribution is 2.28. The van der Waals surface area contributed by atoms with Crippen LogP contribution in [0, 0.1) is 11.7 Å². The molecule has 0 atom stereocenters. The largest absolute Gasteiger partial charge is 0.383 e. The fourth-order valence-electron chi connectivity index (χ4n) is 4.48. The first-order valence-corrected chi connectivity index (χ1v) is 12.4. The molecule has 0 bridgehead atoms. The zero-order valence-electron chi connectivity index (χ0n) is 20.6. The lowest BCUT2D eigenvalue weighted by molar-refractivity contribution is -0.141. The number of methoxy groups -OCH3 is 1. The Morgan fingerprint density at radius 2 is 1.72 bits per heavy atom. The molecular formula is C27H33FN4O4. The van der Waals surface area contributed by atoms with Crippen molar-refractivity contribution in [1.82, 2.24) is 9.80 Å². The molecule has 0 unspecified atom stereocenters. The lowest BCUT2D eigenvalue weighted by atomic mass is 9.84. The van der Waals surface area contributed by atoms with Gasteiger partial charge in [-0.25, -0.2) is 4.39 Å². The van der Waals surface area contributed by atoms with E-state index in [1.54, 1.807) is 29.0 Å². The molecule has 1 N–H and O–H groups in total. The first-order chi connectivity index (χ1) is 17.5. The second-order valence-electron chi connectivity index (χ2n) is 9.23. The van der Waals surface area contributed by atoms with Crippen molar-refractivity contribution in [2.24, 2.45) is 5.92 Å². The highest BCUT2D eigenvalue weighted by molar-refractivity contribution is 5.95. The van der Waals surface area contributed by atoms with Crippen LogP contribution in [0.15, 0.2) is 48.5 Å². The number of hydrogen-bond donors (Lipinski definition) is 1. The van der Waals surface area contributed by atoms with Gasteiger partial charge < -0.3 is 24.8 Å². The number of piperazine rings is 1. The maximum absolute atomic E-state index is 14.0. The van der Waals surface area contributed by atoms with Crippen molar-refractivity contribution in [2.45, 2.75) is 19.3 Å². The van der Waals surface area contributed by atoms with Gasteiger partial charge >= 0.3 is 0 Å². The number of ether oxygens (including phenoxy) is 1. The molecule has 9 heteroatoms. The molecule has 3 amide bonds. The zero-order valence-corrected chi connectivity index (χ0v) is 20.6. The predicted octanol–water partition coefficient (Wildman–Crippen LogP) is 3.00. The molecule has 0 aromatic heterocycles. The van der Waals surface area contributed by atoms with E-state index in [0.29, 0.717) is 45.0 Å². The van der Waals surface area contributed by atoms with Gasteiger partial charge in [-0.2, -0.15) is 0 Å². The van der Waals surface area contributed by atoms with E-state index in [9.17, 15) is 18.8 Å². The number of carbonyl (C=O) groups excluding carboxylic acids is 3. The number of hydrogen-bond acceptors (Lipinski definition) is 5. The number of rotatable bonds is 9. The maximum Gasteiger partial charge on any atom is 0.256 e. The minimum Gasteiger partial charge on any atom is -0.383 e. The quantitative estimate of drug-likeness (QED) is 0.577. The normalized spacial score (nSPS) is 15.8. The molecule has 1 heterocycles. The van der Waals surface area contributed by atoms with E-state index < -0.39 is 5.82 Å². The molecule has 2 fully saturated rings. The van der Waals surface area contributed by atoms with E-state index in [2.05, 4.69) is 10.2 Å². The van der Waals surface area contributed by atoms with Gasteiger partial charge in [0.05, 0.1) is 18.7 Å². The van der Waals surface area contributed by atoms with Gasteiger partial charge in [0.15, 0.2) is 0 Å². The number of benzene rings is 2. The van der Waals surface area contributed by atoms with Gasteiger partial charge in [-0.05, 0) is 49.2 Å². The van der Waals surface area contributed by atoms with Crippen LogP contribution in [0.2, 0.25) is 0 Å². The van der Waals surface area contributed by atoms with E-state index in [0.717, 1.165) is 24.9 Å². The number of nitrogens with zero attached hydrogens (tertiary/aromatic N) is 3. The van der Waals surface area contributed by atoms with Gasteiger partial charge in [0.2, 0.25) is 11.8 Å². The summed E-state index contributed by atoms with van der Waals surface area (Å²) in [4.78, 5) is 43.3. The van der Waals surface area contributed by atoms with Gasteiger partial charge in [0.25, 0.3) is 5.91 Å². The third kappa shape index (κ3) is 6.20. The summed E-state index contributed by atoms with van der Waals surface area (Å²) in [6.45, 7) is 3.03. The van der Waals surface area contributed by atoms with Crippen molar-refractivity contribution in [3.63, 3.8) is 0 Å². The van der Waals surface area contributed by atoms with Gasteiger partial charge in [0, 0.05) is 57.1 Å². The van der Waals surface area contributed by atoms with Gasteiger partial charge in [-0.1, -0.05) is 18.6 Å². The average molecular weight is 497 g/mol. The van der Waals surface area contributed by atoms with Crippen molar-refractivity contribution >= 4 is 29.1 Å². The Morgan fingerprint density at radius 3 is 2.33 bits per heavy atom. The number of amides is 3. The topological polar surface area (TPSA) is 82.2 Å². The van der Waals surface area contributed by atoms with Crippen LogP contribution in [0.25, 0.3) is 0 Å². The zero-order chi connectivity index (χ0) is 25.5. The van der Waals surface area contributed by atoms with Crippen molar-refractivity contribution in [3.05, 3.63) is 59.9 Å². The summed E-state index contributed by atoms with van der Waals surface area (Å²) in [5, 5.41) is 2.87. The van der Waals surface area contributed by atoms with Crippen LogP contribution in [-0.4, -0.2) is 80.5 Å². The van der Waals surface area contributed by atoms with Crippen LogP contribution in [0.5, 0.6) is 0 Å². The molecule has 2 aliphatic rings. The summed E-state index contributed by atoms with van der Waals surface area (Å²) in [6.07, 6.45) is 2.83. The minimum atomic E-state index is -0.503. The molecule has 4 rings (SSSR count). The van der Waals surface area contributed by atoms with Gasteiger partial charge in [0.1, 0.15) is 5.82 Å². The first kappa shape index (κ1) is 25.6. The van der Waals surface area contributed by atoms with E-state index in [1.165, 1.54) is 12.1 Å². The Bertz CT molecular complexity index is 1070. The van der Waals surface area contributed by atoms with Crippen molar-refractivity contribution in [3.8, 4) is 0 Å². The maximum atomic E-state index is 14.0. The van der Waals surface area contributed by atoms with Crippen LogP contribution >= 0.6 is 0 Å².